The second-order valence-corrected chi connectivity index (χ2v) is 6.56. The molecule has 3 aromatic rings. The number of H-pyrrole nitrogens is 1. The van der Waals surface area contributed by atoms with Gasteiger partial charge in [0.25, 0.3) is 0 Å². The van der Waals surface area contributed by atoms with Crippen molar-refractivity contribution in [1.82, 2.24) is 10.2 Å². The summed E-state index contributed by atoms with van der Waals surface area (Å²) in [5.74, 6) is -1.31. The van der Waals surface area contributed by atoms with Crippen LogP contribution in [0.1, 0.15) is 44.6 Å². The molecule has 3 rings (SSSR count). The molecule has 1 heterocycles. The van der Waals surface area contributed by atoms with Gasteiger partial charge in [0.2, 0.25) is 0 Å². The van der Waals surface area contributed by atoms with Gasteiger partial charge in [0.05, 0.1) is 22.5 Å². The van der Waals surface area contributed by atoms with Crippen molar-refractivity contribution in [1.29, 1.82) is 0 Å². The van der Waals surface area contributed by atoms with E-state index in [-0.39, 0.29) is 40.0 Å². The number of aromatic hydroxyl groups is 1. The summed E-state index contributed by atoms with van der Waals surface area (Å²) in [6.07, 6.45) is 0.533. The van der Waals surface area contributed by atoms with E-state index < -0.39 is 5.97 Å². The summed E-state index contributed by atoms with van der Waals surface area (Å²) < 4.78 is 5.60. The summed E-state index contributed by atoms with van der Waals surface area (Å²) >= 11 is 6.06. The largest absolute Gasteiger partial charge is 0.505 e. The van der Waals surface area contributed by atoms with Crippen LogP contribution in [0.2, 0.25) is 5.02 Å². The van der Waals surface area contributed by atoms with E-state index in [1.54, 1.807) is 24.3 Å². The molecule has 0 fully saturated rings. The van der Waals surface area contributed by atoms with Crippen LogP contribution in [0.3, 0.4) is 0 Å². The number of aromatic carboxylic acids is 1. The van der Waals surface area contributed by atoms with Crippen molar-refractivity contribution in [3.63, 3.8) is 0 Å². The Morgan fingerprint density at radius 2 is 1.89 bits per heavy atom. The zero-order valence-corrected chi connectivity index (χ0v) is 15.7. The second kappa shape index (κ2) is 8.14. The minimum Gasteiger partial charge on any atom is -0.505 e. The van der Waals surface area contributed by atoms with Gasteiger partial charge in [-0.1, -0.05) is 23.7 Å². The summed E-state index contributed by atoms with van der Waals surface area (Å²) in [6.45, 7) is 1.48. The van der Waals surface area contributed by atoms with Gasteiger partial charge in [0, 0.05) is 6.42 Å². The summed E-state index contributed by atoms with van der Waals surface area (Å²) in [6, 6.07) is 11.4. The highest BCUT2D eigenvalue weighted by Crippen LogP contribution is 2.36. The number of carboxylic acid groups (broad SMARTS) is 1. The first-order chi connectivity index (χ1) is 13.3. The lowest BCUT2D eigenvalue weighted by molar-refractivity contribution is 0.0696. The molecule has 0 aliphatic heterocycles. The van der Waals surface area contributed by atoms with Crippen LogP contribution in [0.15, 0.2) is 42.5 Å². The van der Waals surface area contributed by atoms with Crippen LogP contribution >= 0.6 is 11.6 Å². The van der Waals surface area contributed by atoms with Gasteiger partial charge >= 0.3 is 5.97 Å². The molecule has 0 saturated carbocycles. The van der Waals surface area contributed by atoms with Crippen molar-refractivity contribution in [2.24, 2.45) is 0 Å². The van der Waals surface area contributed by atoms with Crippen molar-refractivity contribution >= 4 is 23.4 Å². The molecule has 7 nitrogen and oxygen atoms in total. The number of carbonyl (C=O) groups is 2. The van der Waals surface area contributed by atoms with E-state index in [4.69, 9.17) is 21.4 Å². The Kier molecular flexibility index (Phi) is 5.65. The van der Waals surface area contributed by atoms with E-state index in [2.05, 4.69) is 10.2 Å². The van der Waals surface area contributed by atoms with Crippen molar-refractivity contribution in [2.75, 3.05) is 0 Å². The zero-order valence-electron chi connectivity index (χ0n) is 14.9. The molecule has 0 bridgehead atoms. The van der Waals surface area contributed by atoms with E-state index in [0.717, 1.165) is 11.3 Å². The topological polar surface area (TPSA) is 113 Å². The van der Waals surface area contributed by atoms with Gasteiger partial charge in [0.15, 0.2) is 5.78 Å². The number of Topliss-reactive ketones (excluding diaryl/α,β-unsaturated/α-hetero) is 1. The highest BCUT2D eigenvalue weighted by molar-refractivity contribution is 6.34. The van der Waals surface area contributed by atoms with Crippen LogP contribution in [0.5, 0.6) is 11.5 Å². The Morgan fingerprint density at radius 3 is 2.54 bits per heavy atom. The van der Waals surface area contributed by atoms with Crippen molar-refractivity contribution in [3.05, 3.63) is 75.6 Å². The molecular weight excluding hydrogens is 384 g/mol. The summed E-state index contributed by atoms with van der Waals surface area (Å²) in [5, 5.41) is 26.0. The van der Waals surface area contributed by atoms with Gasteiger partial charge in [-0.25, -0.2) is 4.79 Å². The molecule has 0 aliphatic carbocycles. The first-order valence-electron chi connectivity index (χ1n) is 8.35. The van der Waals surface area contributed by atoms with Crippen LogP contribution in [0.4, 0.5) is 0 Å². The summed E-state index contributed by atoms with van der Waals surface area (Å²) in [4.78, 5) is 22.3. The van der Waals surface area contributed by atoms with Gasteiger partial charge in [-0.3, -0.25) is 9.89 Å². The molecule has 1 aromatic heterocycles. The number of ether oxygens (including phenoxy) is 1. The number of ketones is 1. The Labute approximate surface area is 165 Å². The number of rotatable bonds is 7. The molecule has 0 amide bonds. The van der Waals surface area contributed by atoms with Crippen LogP contribution in [-0.2, 0) is 13.0 Å². The zero-order chi connectivity index (χ0) is 20.3. The average Bonchev–Trinajstić information content (AvgIpc) is 3.10. The predicted octanol–water partition coefficient (Wildman–Crippen LogP) is 3.84. The fourth-order valence-corrected chi connectivity index (χ4v) is 2.86. The molecule has 0 spiro atoms. The monoisotopic (exact) mass is 400 g/mol. The Hall–Kier alpha value is -3.32. The van der Waals surface area contributed by atoms with Gasteiger partial charge in [-0.2, -0.15) is 5.10 Å². The smallest absolute Gasteiger partial charge is 0.335 e. The normalized spacial score (nSPS) is 10.6. The predicted molar refractivity (Wildman–Crippen MR) is 102 cm³/mol. The number of hydrogen-bond donors (Lipinski definition) is 3. The van der Waals surface area contributed by atoms with Gasteiger partial charge in [-0.05, 0) is 42.8 Å². The number of aromatic amines is 1. The van der Waals surface area contributed by atoms with Crippen molar-refractivity contribution < 1.29 is 24.5 Å². The average molecular weight is 401 g/mol. The SMILES string of the molecule is CC(=O)c1ccc(OCc2cc(Cc3ccc(C(=O)O)cc3)n[nH]2)c(Cl)c1O. The van der Waals surface area contributed by atoms with E-state index in [1.807, 2.05) is 6.07 Å². The maximum absolute atomic E-state index is 11.4. The first-order valence-corrected chi connectivity index (χ1v) is 8.73. The molecule has 3 N–H and O–H groups in total. The molecule has 28 heavy (non-hydrogen) atoms. The van der Waals surface area contributed by atoms with Gasteiger partial charge in [0.1, 0.15) is 23.1 Å². The van der Waals surface area contributed by atoms with E-state index in [0.29, 0.717) is 12.1 Å². The minimum absolute atomic E-state index is 0.0223. The van der Waals surface area contributed by atoms with E-state index in [1.165, 1.54) is 19.1 Å². The third-order valence-corrected chi connectivity index (χ3v) is 4.48. The van der Waals surface area contributed by atoms with Gasteiger partial charge < -0.3 is 14.9 Å². The van der Waals surface area contributed by atoms with Crippen LogP contribution in [0.25, 0.3) is 0 Å². The first kappa shape index (κ1) is 19.4. The molecule has 2 aromatic carbocycles. The molecule has 0 saturated heterocycles. The number of hydrogen-bond acceptors (Lipinski definition) is 5. The lowest BCUT2D eigenvalue weighted by Gasteiger charge is -2.10. The number of phenols is 1. The number of phenolic OH excluding ortho intramolecular Hbond substituents is 1. The highest BCUT2D eigenvalue weighted by Gasteiger charge is 2.15. The number of nitrogens with one attached hydrogen (secondary N) is 1. The lowest BCUT2D eigenvalue weighted by atomic mass is 10.1. The Morgan fingerprint density at radius 1 is 1.18 bits per heavy atom. The molecular formula is C20H17ClN2O5. The van der Waals surface area contributed by atoms with Crippen molar-refractivity contribution in [3.8, 4) is 11.5 Å². The minimum atomic E-state index is -0.966. The third-order valence-electron chi connectivity index (χ3n) is 4.11. The maximum Gasteiger partial charge on any atom is 0.335 e. The fourth-order valence-electron chi connectivity index (χ4n) is 2.65. The fraction of sp³-hybridized carbons (Fsp3) is 0.150. The molecule has 0 aliphatic rings. The van der Waals surface area contributed by atoms with Crippen LogP contribution in [0, 0.1) is 0 Å². The van der Waals surface area contributed by atoms with E-state index >= 15 is 0 Å². The molecule has 0 radical (unpaired) electrons. The summed E-state index contributed by atoms with van der Waals surface area (Å²) in [5.41, 5.74) is 2.76. The number of carbonyl (C=O) groups excluding carboxylic acids is 1. The van der Waals surface area contributed by atoms with Gasteiger partial charge in [-0.15, -0.1) is 0 Å². The molecule has 8 heteroatoms. The lowest BCUT2D eigenvalue weighted by Crippen LogP contribution is -1.99. The molecule has 144 valence electrons. The maximum atomic E-state index is 11.4. The number of nitrogens with zero attached hydrogens (tertiary/aromatic N) is 1. The third kappa shape index (κ3) is 4.32. The molecule has 0 atom stereocenters. The summed E-state index contributed by atoms with van der Waals surface area (Å²) in [7, 11) is 0. The van der Waals surface area contributed by atoms with Crippen LogP contribution in [-0.4, -0.2) is 32.2 Å². The number of benzene rings is 2. The molecule has 0 unspecified atom stereocenters. The van der Waals surface area contributed by atoms with E-state index in [9.17, 15) is 14.7 Å². The number of carboxylic acids is 1. The Bertz CT molecular complexity index is 1030. The standard InChI is InChI=1S/C20H17ClN2O5/c1-11(24)16-6-7-17(18(21)19(16)25)28-10-15-9-14(22-23-15)8-12-2-4-13(5-3-12)20(26)27/h2-7,9,25H,8,10H2,1H3,(H,22,23)(H,26,27). The second-order valence-electron chi connectivity index (χ2n) is 6.18. The highest BCUT2D eigenvalue weighted by atomic mass is 35.5. The Balaban J connectivity index is 1.64. The van der Waals surface area contributed by atoms with Crippen molar-refractivity contribution in [2.45, 2.75) is 20.0 Å². The number of halogens is 1. The van der Waals surface area contributed by atoms with Crippen LogP contribution < -0.4 is 4.74 Å². The quantitative estimate of drug-likeness (QED) is 0.519. The number of aromatic nitrogens is 2.